The number of guanidine groups is 1. The molecule has 0 aromatic carbocycles. The van der Waals surface area contributed by atoms with Gasteiger partial charge in [0.15, 0.2) is 10.9 Å². The molecule has 0 saturated carbocycles. The zero-order valence-electron chi connectivity index (χ0n) is 13.0. The summed E-state index contributed by atoms with van der Waals surface area (Å²) in [6.45, 7) is 1.47. The van der Waals surface area contributed by atoms with E-state index in [0.717, 1.165) is 23.2 Å². The molecular formula is C15H20N6S. The van der Waals surface area contributed by atoms with E-state index in [-0.39, 0.29) is 0 Å². The van der Waals surface area contributed by atoms with E-state index >= 15 is 0 Å². The number of hydrogen-bond donors (Lipinski definition) is 1. The fourth-order valence-electron chi connectivity index (χ4n) is 2.39. The first-order valence-corrected chi connectivity index (χ1v) is 7.98. The summed E-state index contributed by atoms with van der Waals surface area (Å²) in [6, 6.07) is 4.17. The predicted octanol–water partition coefficient (Wildman–Crippen LogP) is 1.94. The summed E-state index contributed by atoms with van der Waals surface area (Å²) >= 11 is 1.64. The van der Waals surface area contributed by atoms with E-state index in [4.69, 9.17) is 0 Å². The third kappa shape index (κ3) is 2.99. The number of thiazole rings is 1. The highest BCUT2D eigenvalue weighted by molar-refractivity contribution is 7.15. The molecular weight excluding hydrogens is 296 g/mol. The summed E-state index contributed by atoms with van der Waals surface area (Å²) in [5.41, 5.74) is 2.26. The number of aliphatic imine (C=N–C) groups is 1. The molecule has 22 heavy (non-hydrogen) atoms. The number of aryl methyl sites for hydroxylation is 1. The summed E-state index contributed by atoms with van der Waals surface area (Å²) in [7, 11) is 5.89. The molecule has 0 aliphatic carbocycles. The quantitative estimate of drug-likeness (QED) is 0.591. The van der Waals surface area contributed by atoms with Gasteiger partial charge in [0.25, 0.3) is 0 Å². The van der Waals surface area contributed by atoms with Gasteiger partial charge >= 0.3 is 0 Å². The van der Waals surface area contributed by atoms with Crippen molar-refractivity contribution in [2.45, 2.75) is 13.1 Å². The summed E-state index contributed by atoms with van der Waals surface area (Å²) in [5.74, 6) is 0.859. The van der Waals surface area contributed by atoms with E-state index in [1.165, 1.54) is 5.69 Å². The van der Waals surface area contributed by atoms with Crippen molar-refractivity contribution in [3.63, 3.8) is 0 Å². The Bertz CT molecular complexity index is 752. The van der Waals surface area contributed by atoms with E-state index in [2.05, 4.69) is 50.1 Å². The van der Waals surface area contributed by atoms with E-state index in [1.54, 1.807) is 18.4 Å². The standard InChI is InChI=1S/C15H20N6S/c1-16-14(20(3)11-13-5-4-6-19(13)2)17-9-12-10-21-7-8-22-15(21)18-12/h4-8,10H,9,11H2,1-3H3,(H,16,17). The molecule has 0 aliphatic heterocycles. The molecule has 0 bridgehead atoms. The lowest BCUT2D eigenvalue weighted by molar-refractivity contribution is 0.461. The highest BCUT2D eigenvalue weighted by Crippen LogP contribution is 2.11. The first-order chi connectivity index (χ1) is 10.7. The topological polar surface area (TPSA) is 49.9 Å². The van der Waals surface area contributed by atoms with E-state index in [1.807, 2.05) is 29.2 Å². The zero-order valence-corrected chi connectivity index (χ0v) is 13.8. The summed E-state index contributed by atoms with van der Waals surface area (Å²) in [6.07, 6.45) is 6.12. The van der Waals surface area contributed by atoms with Crippen LogP contribution >= 0.6 is 11.3 Å². The van der Waals surface area contributed by atoms with Crippen LogP contribution in [0.4, 0.5) is 0 Å². The minimum Gasteiger partial charge on any atom is -0.353 e. The normalized spacial score (nSPS) is 12.0. The van der Waals surface area contributed by atoms with Crippen molar-refractivity contribution in [2.75, 3.05) is 14.1 Å². The van der Waals surface area contributed by atoms with Crippen LogP contribution in [-0.2, 0) is 20.1 Å². The Kier molecular flexibility index (Phi) is 4.15. The van der Waals surface area contributed by atoms with Gasteiger partial charge in [-0.2, -0.15) is 0 Å². The van der Waals surface area contributed by atoms with Gasteiger partial charge < -0.3 is 14.8 Å². The molecule has 3 aromatic heterocycles. The maximum Gasteiger partial charge on any atom is 0.194 e. The third-order valence-corrected chi connectivity index (χ3v) is 4.37. The summed E-state index contributed by atoms with van der Waals surface area (Å²) in [4.78, 5) is 12.0. The van der Waals surface area contributed by atoms with E-state index in [9.17, 15) is 0 Å². The Hall–Kier alpha value is -2.28. The molecule has 0 radical (unpaired) electrons. The molecule has 1 N–H and O–H groups in total. The number of nitrogens with one attached hydrogen (secondary N) is 1. The number of hydrogen-bond acceptors (Lipinski definition) is 3. The van der Waals surface area contributed by atoms with Gasteiger partial charge in [-0.05, 0) is 12.1 Å². The number of nitrogens with zero attached hydrogens (tertiary/aromatic N) is 5. The van der Waals surface area contributed by atoms with Crippen molar-refractivity contribution in [1.29, 1.82) is 0 Å². The van der Waals surface area contributed by atoms with Crippen LogP contribution in [0.1, 0.15) is 11.4 Å². The van der Waals surface area contributed by atoms with Crippen LogP contribution in [-0.4, -0.2) is 38.9 Å². The summed E-state index contributed by atoms with van der Waals surface area (Å²) < 4.78 is 4.16. The molecule has 3 rings (SSSR count). The Morgan fingerprint density at radius 2 is 2.32 bits per heavy atom. The molecule has 116 valence electrons. The molecule has 7 heteroatoms. The van der Waals surface area contributed by atoms with Crippen molar-refractivity contribution in [2.24, 2.45) is 12.0 Å². The van der Waals surface area contributed by atoms with Crippen LogP contribution in [0.2, 0.25) is 0 Å². The van der Waals surface area contributed by atoms with Crippen LogP contribution in [0.5, 0.6) is 0 Å². The highest BCUT2D eigenvalue weighted by Gasteiger charge is 2.09. The molecule has 0 saturated heterocycles. The number of fused-ring (bicyclic) bond motifs is 1. The second kappa shape index (κ2) is 6.23. The van der Waals surface area contributed by atoms with Crippen molar-refractivity contribution in [3.8, 4) is 0 Å². The van der Waals surface area contributed by atoms with Gasteiger partial charge in [-0.15, -0.1) is 11.3 Å². The molecule has 0 amide bonds. The van der Waals surface area contributed by atoms with Crippen molar-refractivity contribution in [1.82, 2.24) is 24.2 Å². The molecule has 0 unspecified atom stereocenters. The van der Waals surface area contributed by atoms with Crippen molar-refractivity contribution >= 4 is 22.3 Å². The van der Waals surface area contributed by atoms with Crippen LogP contribution in [0.3, 0.4) is 0 Å². The monoisotopic (exact) mass is 316 g/mol. The second-order valence-electron chi connectivity index (χ2n) is 5.19. The minimum absolute atomic E-state index is 0.665. The van der Waals surface area contributed by atoms with Gasteiger partial charge in [0.2, 0.25) is 0 Å². The van der Waals surface area contributed by atoms with E-state index in [0.29, 0.717) is 6.54 Å². The number of rotatable bonds is 4. The van der Waals surface area contributed by atoms with Gasteiger partial charge in [0, 0.05) is 50.8 Å². The minimum atomic E-state index is 0.665. The number of imidazole rings is 1. The lowest BCUT2D eigenvalue weighted by Crippen LogP contribution is -2.38. The average Bonchev–Trinajstić information content (AvgIpc) is 3.17. The lowest BCUT2D eigenvalue weighted by atomic mass is 10.4. The van der Waals surface area contributed by atoms with E-state index < -0.39 is 0 Å². The van der Waals surface area contributed by atoms with Crippen LogP contribution in [0.15, 0.2) is 41.1 Å². The highest BCUT2D eigenvalue weighted by atomic mass is 32.1. The molecule has 3 heterocycles. The molecule has 6 nitrogen and oxygen atoms in total. The number of aromatic nitrogens is 3. The summed E-state index contributed by atoms with van der Waals surface area (Å²) in [5, 5.41) is 5.40. The lowest BCUT2D eigenvalue weighted by Gasteiger charge is -2.22. The third-order valence-electron chi connectivity index (χ3n) is 3.59. The van der Waals surface area contributed by atoms with Crippen molar-refractivity contribution < 1.29 is 0 Å². The fraction of sp³-hybridized carbons (Fsp3) is 0.333. The smallest absolute Gasteiger partial charge is 0.194 e. The molecule has 3 aromatic rings. The Balaban J connectivity index is 1.61. The van der Waals surface area contributed by atoms with Gasteiger partial charge in [-0.1, -0.05) is 0 Å². The molecule has 0 spiro atoms. The SMILES string of the molecule is CN=C(NCc1cn2ccsc2n1)N(C)Cc1cccn1C. The Morgan fingerprint density at radius 3 is 3.00 bits per heavy atom. The van der Waals surface area contributed by atoms with Gasteiger partial charge in [0.05, 0.1) is 18.8 Å². The fourth-order valence-corrected chi connectivity index (χ4v) is 3.11. The Labute approximate surface area is 133 Å². The van der Waals surface area contributed by atoms with Crippen LogP contribution in [0, 0.1) is 0 Å². The second-order valence-corrected chi connectivity index (χ2v) is 6.07. The predicted molar refractivity (Wildman–Crippen MR) is 90.1 cm³/mol. The maximum absolute atomic E-state index is 4.57. The van der Waals surface area contributed by atoms with Crippen LogP contribution < -0.4 is 5.32 Å². The Morgan fingerprint density at radius 1 is 1.45 bits per heavy atom. The maximum atomic E-state index is 4.57. The zero-order chi connectivity index (χ0) is 15.5. The first-order valence-electron chi connectivity index (χ1n) is 7.10. The van der Waals surface area contributed by atoms with Gasteiger partial charge in [-0.3, -0.25) is 9.39 Å². The largest absolute Gasteiger partial charge is 0.353 e. The van der Waals surface area contributed by atoms with Gasteiger partial charge in [0.1, 0.15) is 0 Å². The van der Waals surface area contributed by atoms with Crippen molar-refractivity contribution in [3.05, 3.63) is 47.5 Å². The van der Waals surface area contributed by atoms with Crippen LogP contribution in [0.25, 0.3) is 4.96 Å². The average molecular weight is 316 g/mol. The van der Waals surface area contributed by atoms with Gasteiger partial charge in [-0.25, -0.2) is 4.98 Å². The molecule has 0 atom stereocenters. The molecule has 0 fully saturated rings. The first kappa shape index (κ1) is 14.6. The molecule has 0 aliphatic rings.